The lowest BCUT2D eigenvalue weighted by atomic mass is 9.74. The molecule has 1 aromatic carbocycles. The molecule has 3 heterocycles. The van der Waals surface area contributed by atoms with E-state index in [1.807, 2.05) is 24.4 Å². The van der Waals surface area contributed by atoms with Crippen LogP contribution in [0.3, 0.4) is 0 Å². The van der Waals surface area contributed by atoms with E-state index in [-0.39, 0.29) is 18.6 Å². The van der Waals surface area contributed by atoms with Gasteiger partial charge in [0.2, 0.25) is 5.91 Å². The van der Waals surface area contributed by atoms with Gasteiger partial charge in [0.05, 0.1) is 16.8 Å². The van der Waals surface area contributed by atoms with Gasteiger partial charge in [-0.05, 0) is 56.0 Å². The molecule has 8 nitrogen and oxygen atoms in total. The van der Waals surface area contributed by atoms with Crippen LogP contribution in [0.1, 0.15) is 37.3 Å². The fourth-order valence-electron chi connectivity index (χ4n) is 4.58. The number of rotatable bonds is 8. The zero-order valence-electron chi connectivity index (χ0n) is 17.9. The third-order valence-electron chi connectivity index (χ3n) is 6.45. The SMILES string of the molecule is NCCC1(C(=O)N[C@@H](CCO)c2ccc(Cl)cc2)CCN(c2ncnc3[nH]ccc23)CC1. The summed E-state index contributed by atoms with van der Waals surface area (Å²) in [5, 5.41) is 14.4. The van der Waals surface area contributed by atoms with Crippen LogP contribution in [0.15, 0.2) is 42.9 Å². The minimum absolute atomic E-state index is 0.00882. The van der Waals surface area contributed by atoms with Gasteiger partial charge >= 0.3 is 0 Å². The normalized spacial score (nSPS) is 16.8. The number of hydrogen-bond acceptors (Lipinski definition) is 6. The highest BCUT2D eigenvalue weighted by Crippen LogP contribution is 2.38. The number of halogens is 1. The molecule has 3 aromatic rings. The van der Waals surface area contributed by atoms with Crippen molar-refractivity contribution in [1.82, 2.24) is 20.3 Å². The van der Waals surface area contributed by atoms with Crippen molar-refractivity contribution in [2.45, 2.75) is 31.7 Å². The number of anilines is 1. The van der Waals surface area contributed by atoms with Crippen molar-refractivity contribution in [3.63, 3.8) is 0 Å². The standard InChI is InChI=1S/C23H29ClN6O2/c24-17-3-1-16(2-4-17)19(6-14-31)29-22(32)23(7-10-25)8-12-30(13-9-23)21-18-5-11-26-20(18)27-15-28-21/h1-5,11,15,19,31H,6-10,12-14,25H2,(H,29,32)(H,26,27,28)/t19-/m0/s1. The molecule has 9 heteroatoms. The summed E-state index contributed by atoms with van der Waals surface area (Å²) in [6, 6.07) is 9.07. The first kappa shape index (κ1) is 22.5. The summed E-state index contributed by atoms with van der Waals surface area (Å²) in [5.41, 5.74) is 7.12. The average molecular weight is 457 g/mol. The average Bonchev–Trinajstić information content (AvgIpc) is 3.29. The molecular formula is C23H29ClN6O2. The molecular weight excluding hydrogens is 428 g/mol. The Hall–Kier alpha value is -2.68. The van der Waals surface area contributed by atoms with Crippen LogP contribution in [0.25, 0.3) is 11.0 Å². The minimum Gasteiger partial charge on any atom is -0.396 e. The summed E-state index contributed by atoms with van der Waals surface area (Å²) in [5.74, 6) is 0.878. The van der Waals surface area contributed by atoms with E-state index in [2.05, 4.69) is 25.2 Å². The summed E-state index contributed by atoms with van der Waals surface area (Å²) in [6.07, 6.45) is 5.83. The van der Waals surface area contributed by atoms with E-state index in [4.69, 9.17) is 17.3 Å². The van der Waals surface area contributed by atoms with E-state index in [1.165, 1.54) is 0 Å². The second-order valence-electron chi connectivity index (χ2n) is 8.33. The van der Waals surface area contributed by atoms with E-state index in [9.17, 15) is 9.90 Å². The van der Waals surface area contributed by atoms with Gasteiger partial charge in [0.25, 0.3) is 0 Å². The lowest BCUT2D eigenvalue weighted by molar-refractivity contribution is -0.133. The highest BCUT2D eigenvalue weighted by molar-refractivity contribution is 6.30. The van der Waals surface area contributed by atoms with Crippen LogP contribution in [0.5, 0.6) is 0 Å². The van der Waals surface area contributed by atoms with Crippen LogP contribution in [-0.4, -0.2) is 52.2 Å². The topological polar surface area (TPSA) is 120 Å². The van der Waals surface area contributed by atoms with Crippen LogP contribution in [0.4, 0.5) is 5.82 Å². The third kappa shape index (κ3) is 4.57. The summed E-state index contributed by atoms with van der Waals surface area (Å²) >= 11 is 6.01. The van der Waals surface area contributed by atoms with E-state index in [1.54, 1.807) is 18.5 Å². The van der Waals surface area contributed by atoms with E-state index in [0.29, 0.717) is 50.3 Å². The monoisotopic (exact) mass is 456 g/mol. The molecule has 1 fully saturated rings. The number of aromatic nitrogens is 3. The number of hydrogen-bond donors (Lipinski definition) is 4. The molecule has 4 rings (SSSR count). The van der Waals surface area contributed by atoms with Crippen molar-refractivity contribution < 1.29 is 9.90 Å². The molecule has 32 heavy (non-hydrogen) atoms. The molecule has 0 aliphatic carbocycles. The van der Waals surface area contributed by atoms with E-state index in [0.717, 1.165) is 22.4 Å². The molecule has 2 aromatic heterocycles. The number of H-pyrrole nitrogens is 1. The fraction of sp³-hybridized carbons (Fsp3) is 0.435. The number of piperidine rings is 1. The van der Waals surface area contributed by atoms with Gasteiger partial charge in [-0.1, -0.05) is 23.7 Å². The number of carbonyl (C=O) groups excluding carboxylic acids is 1. The minimum atomic E-state index is -0.546. The number of aliphatic hydroxyl groups excluding tert-OH is 1. The van der Waals surface area contributed by atoms with Gasteiger partial charge in [-0.15, -0.1) is 0 Å². The van der Waals surface area contributed by atoms with E-state index < -0.39 is 5.41 Å². The van der Waals surface area contributed by atoms with Gasteiger partial charge in [0, 0.05) is 30.9 Å². The zero-order chi connectivity index (χ0) is 22.6. The summed E-state index contributed by atoms with van der Waals surface area (Å²) in [6.45, 7) is 1.83. The van der Waals surface area contributed by atoms with Crippen molar-refractivity contribution in [3.8, 4) is 0 Å². The van der Waals surface area contributed by atoms with Gasteiger partial charge in [0.15, 0.2) is 0 Å². The smallest absolute Gasteiger partial charge is 0.226 e. The van der Waals surface area contributed by atoms with Gasteiger partial charge in [-0.2, -0.15) is 0 Å². The van der Waals surface area contributed by atoms with Crippen LogP contribution < -0.4 is 16.0 Å². The van der Waals surface area contributed by atoms with Crippen LogP contribution in [0.2, 0.25) is 5.02 Å². The van der Waals surface area contributed by atoms with Gasteiger partial charge in [-0.3, -0.25) is 4.79 Å². The fourth-order valence-corrected chi connectivity index (χ4v) is 4.71. The molecule has 1 aliphatic rings. The van der Waals surface area contributed by atoms with E-state index >= 15 is 0 Å². The van der Waals surface area contributed by atoms with Crippen molar-refractivity contribution >= 4 is 34.4 Å². The Labute approximate surface area is 192 Å². The first-order chi connectivity index (χ1) is 15.6. The third-order valence-corrected chi connectivity index (χ3v) is 6.71. The molecule has 170 valence electrons. The predicted octanol–water partition coefficient (Wildman–Crippen LogP) is 2.79. The second kappa shape index (κ2) is 9.85. The number of nitrogens with one attached hydrogen (secondary N) is 2. The molecule has 0 unspecified atom stereocenters. The molecule has 1 saturated heterocycles. The van der Waals surface area contributed by atoms with Gasteiger partial charge in [-0.25, -0.2) is 9.97 Å². The Morgan fingerprint density at radius 2 is 2.00 bits per heavy atom. The quantitative estimate of drug-likeness (QED) is 0.413. The number of aliphatic hydroxyl groups is 1. The number of fused-ring (bicyclic) bond motifs is 1. The number of nitrogens with two attached hydrogens (primary N) is 1. The largest absolute Gasteiger partial charge is 0.396 e. The molecule has 0 spiro atoms. The van der Waals surface area contributed by atoms with Crippen LogP contribution in [0, 0.1) is 5.41 Å². The van der Waals surface area contributed by atoms with Crippen molar-refractivity contribution in [2.75, 3.05) is 31.1 Å². The maximum Gasteiger partial charge on any atom is 0.226 e. The highest BCUT2D eigenvalue weighted by Gasteiger charge is 2.41. The highest BCUT2D eigenvalue weighted by atomic mass is 35.5. The first-order valence-corrected chi connectivity index (χ1v) is 11.3. The summed E-state index contributed by atoms with van der Waals surface area (Å²) in [4.78, 5) is 27.6. The molecule has 1 amide bonds. The number of amides is 1. The van der Waals surface area contributed by atoms with Crippen LogP contribution in [-0.2, 0) is 4.79 Å². The van der Waals surface area contributed by atoms with Gasteiger partial charge < -0.3 is 26.0 Å². The van der Waals surface area contributed by atoms with Crippen molar-refractivity contribution in [2.24, 2.45) is 11.1 Å². The Bertz CT molecular complexity index is 1050. The Morgan fingerprint density at radius 1 is 1.25 bits per heavy atom. The first-order valence-electron chi connectivity index (χ1n) is 11.0. The summed E-state index contributed by atoms with van der Waals surface area (Å²) < 4.78 is 0. The Balaban J connectivity index is 1.50. The molecule has 0 bridgehead atoms. The zero-order valence-corrected chi connectivity index (χ0v) is 18.7. The number of nitrogens with zero attached hydrogens (tertiary/aromatic N) is 3. The lowest BCUT2D eigenvalue weighted by Gasteiger charge is -2.42. The lowest BCUT2D eigenvalue weighted by Crippen LogP contribution is -2.50. The summed E-state index contributed by atoms with van der Waals surface area (Å²) in [7, 11) is 0. The second-order valence-corrected chi connectivity index (χ2v) is 8.77. The Morgan fingerprint density at radius 3 is 2.69 bits per heavy atom. The molecule has 0 radical (unpaired) electrons. The van der Waals surface area contributed by atoms with Crippen LogP contribution >= 0.6 is 11.6 Å². The number of benzene rings is 1. The number of aromatic amines is 1. The molecule has 5 N–H and O–H groups in total. The molecule has 0 saturated carbocycles. The Kier molecular flexibility index (Phi) is 6.93. The predicted molar refractivity (Wildman–Crippen MR) is 125 cm³/mol. The maximum absolute atomic E-state index is 13.5. The molecule has 1 atom stereocenters. The van der Waals surface area contributed by atoms with Gasteiger partial charge in [0.1, 0.15) is 17.8 Å². The number of carbonyl (C=O) groups is 1. The maximum atomic E-state index is 13.5. The van der Waals surface area contributed by atoms with Crippen molar-refractivity contribution in [1.29, 1.82) is 0 Å². The molecule has 1 aliphatic heterocycles. The van der Waals surface area contributed by atoms with Crippen molar-refractivity contribution in [3.05, 3.63) is 53.4 Å².